The molecule has 1 aromatic carbocycles. The molecular weight excluding hydrogens is 188 g/mol. The quantitative estimate of drug-likeness (QED) is 0.799. The molecule has 3 nitrogen and oxygen atoms in total. The van der Waals surface area contributed by atoms with E-state index in [1.54, 1.807) is 13.1 Å². The van der Waals surface area contributed by atoms with Crippen molar-refractivity contribution in [3.05, 3.63) is 42.1 Å². The molecule has 0 fully saturated rings. The van der Waals surface area contributed by atoms with Gasteiger partial charge in [-0.05, 0) is 12.5 Å². The van der Waals surface area contributed by atoms with Gasteiger partial charge in [0, 0.05) is 12.0 Å². The Hall–Kier alpha value is -1.61. The molecule has 0 unspecified atom stereocenters. The van der Waals surface area contributed by atoms with Gasteiger partial charge in [-0.1, -0.05) is 30.3 Å². The van der Waals surface area contributed by atoms with Crippen LogP contribution in [0.1, 0.15) is 12.5 Å². The van der Waals surface area contributed by atoms with Gasteiger partial charge in [0.05, 0.1) is 18.0 Å². The highest BCUT2D eigenvalue weighted by molar-refractivity contribution is 5.62. The van der Waals surface area contributed by atoms with Crippen LogP contribution >= 0.6 is 0 Å². The van der Waals surface area contributed by atoms with Gasteiger partial charge in [-0.2, -0.15) is 5.10 Å². The van der Waals surface area contributed by atoms with Crippen LogP contribution < -0.4 is 0 Å². The summed E-state index contributed by atoms with van der Waals surface area (Å²) in [5, 5.41) is 16.3. The van der Waals surface area contributed by atoms with Gasteiger partial charge in [0.1, 0.15) is 0 Å². The monoisotopic (exact) mass is 202 g/mol. The first-order valence-electron chi connectivity index (χ1n) is 5.03. The number of nitrogens with zero attached hydrogens (tertiary/aromatic N) is 1. The topological polar surface area (TPSA) is 48.9 Å². The molecule has 15 heavy (non-hydrogen) atoms. The third-order valence-corrected chi connectivity index (χ3v) is 2.30. The van der Waals surface area contributed by atoms with Crippen LogP contribution in [0.4, 0.5) is 0 Å². The van der Waals surface area contributed by atoms with Crippen LogP contribution in [0, 0.1) is 0 Å². The molecule has 0 radical (unpaired) electrons. The van der Waals surface area contributed by atoms with E-state index in [2.05, 4.69) is 10.2 Å². The second kappa shape index (κ2) is 4.28. The fourth-order valence-corrected chi connectivity index (χ4v) is 1.64. The van der Waals surface area contributed by atoms with Crippen molar-refractivity contribution in [2.24, 2.45) is 0 Å². The maximum Gasteiger partial charge on any atom is 0.0683 e. The van der Waals surface area contributed by atoms with Crippen LogP contribution in [0.25, 0.3) is 11.3 Å². The summed E-state index contributed by atoms with van der Waals surface area (Å²) in [5.41, 5.74) is 3.15. The lowest BCUT2D eigenvalue weighted by Gasteiger charge is -2.04. The van der Waals surface area contributed by atoms with Gasteiger partial charge in [-0.3, -0.25) is 5.10 Å². The summed E-state index contributed by atoms with van der Waals surface area (Å²) in [6, 6.07) is 10.0. The number of aliphatic hydroxyl groups excluding tert-OH is 1. The zero-order valence-electron chi connectivity index (χ0n) is 8.64. The van der Waals surface area contributed by atoms with E-state index in [-0.39, 0.29) is 6.10 Å². The average molecular weight is 202 g/mol. The molecular formula is C12H14N2O. The zero-order chi connectivity index (χ0) is 10.7. The van der Waals surface area contributed by atoms with Crippen LogP contribution in [-0.2, 0) is 6.42 Å². The molecule has 2 rings (SSSR count). The minimum atomic E-state index is -0.343. The van der Waals surface area contributed by atoms with Crippen LogP contribution in [0.5, 0.6) is 0 Å². The summed E-state index contributed by atoms with van der Waals surface area (Å²) in [7, 11) is 0. The van der Waals surface area contributed by atoms with Crippen LogP contribution in [0.2, 0.25) is 0 Å². The SMILES string of the molecule is C[C@@H](O)Cc1cn[nH]c1-c1ccccc1. The number of hydrogen-bond donors (Lipinski definition) is 2. The lowest BCUT2D eigenvalue weighted by molar-refractivity contribution is 0.195. The molecule has 1 heterocycles. The Balaban J connectivity index is 2.33. The Morgan fingerprint density at radius 2 is 2.07 bits per heavy atom. The van der Waals surface area contributed by atoms with E-state index >= 15 is 0 Å². The third-order valence-electron chi connectivity index (χ3n) is 2.30. The molecule has 2 aromatic rings. The molecule has 0 aliphatic rings. The van der Waals surface area contributed by atoms with Crippen molar-refractivity contribution in [2.75, 3.05) is 0 Å². The van der Waals surface area contributed by atoms with Crippen molar-refractivity contribution in [1.29, 1.82) is 0 Å². The van der Waals surface area contributed by atoms with E-state index in [1.165, 1.54) is 0 Å². The van der Waals surface area contributed by atoms with Crippen molar-refractivity contribution in [3.8, 4) is 11.3 Å². The molecule has 0 spiro atoms. The Labute approximate surface area is 88.8 Å². The van der Waals surface area contributed by atoms with Crippen LogP contribution in [0.3, 0.4) is 0 Å². The highest BCUT2D eigenvalue weighted by Gasteiger charge is 2.08. The molecule has 3 heteroatoms. The average Bonchev–Trinajstić information content (AvgIpc) is 2.66. The number of benzene rings is 1. The summed E-state index contributed by atoms with van der Waals surface area (Å²) in [6.45, 7) is 1.78. The number of aromatic nitrogens is 2. The van der Waals surface area contributed by atoms with Crippen molar-refractivity contribution in [3.63, 3.8) is 0 Å². The highest BCUT2D eigenvalue weighted by atomic mass is 16.3. The number of rotatable bonds is 3. The summed E-state index contributed by atoms with van der Waals surface area (Å²) in [6.07, 6.45) is 2.06. The summed E-state index contributed by atoms with van der Waals surface area (Å²) in [4.78, 5) is 0. The molecule has 1 aromatic heterocycles. The predicted octanol–water partition coefficient (Wildman–Crippen LogP) is 2.00. The van der Waals surface area contributed by atoms with E-state index < -0.39 is 0 Å². The molecule has 0 saturated heterocycles. The van der Waals surface area contributed by atoms with E-state index in [4.69, 9.17) is 0 Å². The molecule has 78 valence electrons. The standard InChI is InChI=1S/C12H14N2O/c1-9(15)7-11-8-13-14-12(11)10-5-3-2-4-6-10/h2-6,8-9,15H,7H2,1H3,(H,13,14)/t9-/m1/s1. The molecule has 0 bridgehead atoms. The van der Waals surface area contributed by atoms with Gasteiger partial charge in [-0.15, -0.1) is 0 Å². The molecule has 0 aliphatic heterocycles. The number of aliphatic hydroxyl groups is 1. The zero-order valence-corrected chi connectivity index (χ0v) is 8.64. The minimum Gasteiger partial charge on any atom is -0.393 e. The van der Waals surface area contributed by atoms with Crippen molar-refractivity contribution in [2.45, 2.75) is 19.4 Å². The molecule has 2 N–H and O–H groups in total. The molecule has 0 aliphatic carbocycles. The Bertz CT molecular complexity index is 420. The van der Waals surface area contributed by atoms with E-state index in [0.29, 0.717) is 6.42 Å². The first-order chi connectivity index (χ1) is 7.27. The number of nitrogens with one attached hydrogen (secondary N) is 1. The van der Waals surface area contributed by atoms with Crippen molar-refractivity contribution in [1.82, 2.24) is 10.2 Å². The Morgan fingerprint density at radius 1 is 1.33 bits per heavy atom. The Kier molecular flexibility index (Phi) is 2.83. The molecule has 0 saturated carbocycles. The van der Waals surface area contributed by atoms with Crippen LogP contribution in [0.15, 0.2) is 36.5 Å². The maximum atomic E-state index is 9.35. The summed E-state index contributed by atoms with van der Waals surface area (Å²) < 4.78 is 0. The normalized spacial score (nSPS) is 12.7. The fraction of sp³-hybridized carbons (Fsp3) is 0.250. The second-order valence-electron chi connectivity index (χ2n) is 3.69. The van der Waals surface area contributed by atoms with Gasteiger partial charge in [-0.25, -0.2) is 0 Å². The van der Waals surface area contributed by atoms with Gasteiger partial charge in [0.2, 0.25) is 0 Å². The lowest BCUT2D eigenvalue weighted by Crippen LogP contribution is -2.04. The number of hydrogen-bond acceptors (Lipinski definition) is 2. The van der Waals surface area contributed by atoms with E-state index in [1.807, 2.05) is 30.3 Å². The van der Waals surface area contributed by atoms with Crippen molar-refractivity contribution < 1.29 is 5.11 Å². The predicted molar refractivity (Wildman–Crippen MR) is 59.4 cm³/mol. The van der Waals surface area contributed by atoms with E-state index in [9.17, 15) is 5.11 Å². The first kappa shape index (κ1) is 9.93. The Morgan fingerprint density at radius 3 is 2.73 bits per heavy atom. The largest absolute Gasteiger partial charge is 0.393 e. The molecule has 1 atom stereocenters. The van der Waals surface area contributed by atoms with E-state index in [0.717, 1.165) is 16.8 Å². The summed E-state index contributed by atoms with van der Waals surface area (Å²) in [5.74, 6) is 0. The highest BCUT2D eigenvalue weighted by Crippen LogP contribution is 2.21. The third kappa shape index (κ3) is 2.25. The number of H-pyrrole nitrogens is 1. The molecule has 0 amide bonds. The van der Waals surface area contributed by atoms with Crippen LogP contribution in [-0.4, -0.2) is 21.4 Å². The first-order valence-corrected chi connectivity index (χ1v) is 5.03. The maximum absolute atomic E-state index is 9.35. The minimum absolute atomic E-state index is 0.343. The smallest absolute Gasteiger partial charge is 0.0683 e. The number of aromatic amines is 1. The summed E-state index contributed by atoms with van der Waals surface area (Å²) >= 11 is 0. The van der Waals surface area contributed by atoms with Crippen molar-refractivity contribution >= 4 is 0 Å². The van der Waals surface area contributed by atoms with Gasteiger partial charge < -0.3 is 5.11 Å². The van der Waals surface area contributed by atoms with Gasteiger partial charge >= 0.3 is 0 Å². The fourth-order valence-electron chi connectivity index (χ4n) is 1.64. The van der Waals surface area contributed by atoms with Gasteiger partial charge in [0.15, 0.2) is 0 Å². The second-order valence-corrected chi connectivity index (χ2v) is 3.69. The lowest BCUT2D eigenvalue weighted by atomic mass is 10.0. The van der Waals surface area contributed by atoms with Gasteiger partial charge in [0.25, 0.3) is 0 Å².